The second kappa shape index (κ2) is 8.26. The van der Waals surface area contributed by atoms with Crippen molar-refractivity contribution in [3.8, 4) is 0 Å². The standard InChI is InChI=1S/C18H26N2O4/c1-12(2)23-18(22)15-5-7-16(8-6-15)19-17(21)11-20-9-13(3)24-14(4)10-20/h5-8,12-14H,9-11H2,1-4H3,(H,19,21)/p+1/t13-,14-/m0/s1. The summed E-state index contributed by atoms with van der Waals surface area (Å²) in [6, 6.07) is 6.75. The number of amides is 1. The molecule has 0 spiro atoms. The molecule has 1 saturated heterocycles. The summed E-state index contributed by atoms with van der Waals surface area (Å²) in [4.78, 5) is 25.2. The average Bonchev–Trinajstić information content (AvgIpc) is 2.45. The van der Waals surface area contributed by atoms with Gasteiger partial charge >= 0.3 is 5.97 Å². The normalized spacial score (nSPS) is 23.8. The lowest BCUT2D eigenvalue weighted by Crippen LogP contribution is -3.16. The fraction of sp³-hybridized carbons (Fsp3) is 0.556. The maximum absolute atomic E-state index is 12.2. The van der Waals surface area contributed by atoms with Gasteiger partial charge in [-0.3, -0.25) is 4.79 Å². The lowest BCUT2D eigenvalue weighted by atomic mass is 10.2. The number of hydrogen-bond acceptors (Lipinski definition) is 4. The third-order valence-electron chi connectivity index (χ3n) is 3.77. The van der Waals surface area contributed by atoms with E-state index >= 15 is 0 Å². The van der Waals surface area contributed by atoms with Crippen LogP contribution in [0.5, 0.6) is 0 Å². The van der Waals surface area contributed by atoms with Gasteiger partial charge in [0.15, 0.2) is 6.54 Å². The van der Waals surface area contributed by atoms with E-state index < -0.39 is 0 Å². The predicted octanol–water partition coefficient (Wildman–Crippen LogP) is 0.882. The molecule has 1 fully saturated rings. The van der Waals surface area contributed by atoms with Crippen molar-refractivity contribution >= 4 is 17.6 Å². The molecule has 1 aromatic rings. The van der Waals surface area contributed by atoms with Crippen molar-refractivity contribution in [1.29, 1.82) is 0 Å². The number of benzene rings is 1. The van der Waals surface area contributed by atoms with Crippen LogP contribution in [0.2, 0.25) is 0 Å². The number of morpholine rings is 1. The molecule has 0 saturated carbocycles. The van der Waals surface area contributed by atoms with Crippen molar-refractivity contribution in [3.63, 3.8) is 0 Å². The van der Waals surface area contributed by atoms with Crippen LogP contribution < -0.4 is 10.2 Å². The Labute approximate surface area is 143 Å². The van der Waals surface area contributed by atoms with Crippen LogP contribution in [0.15, 0.2) is 24.3 Å². The Kier molecular flexibility index (Phi) is 6.34. The SMILES string of the molecule is CC(C)OC(=O)c1ccc(NC(=O)C[NH+]2C[C@H](C)O[C@@H](C)C2)cc1. The highest BCUT2D eigenvalue weighted by Gasteiger charge is 2.27. The number of esters is 1. The molecular formula is C18H27N2O4+. The largest absolute Gasteiger partial charge is 0.459 e. The summed E-state index contributed by atoms with van der Waals surface area (Å²) in [5, 5.41) is 2.87. The minimum absolute atomic E-state index is 0.0381. The smallest absolute Gasteiger partial charge is 0.338 e. The van der Waals surface area contributed by atoms with E-state index in [-0.39, 0.29) is 30.2 Å². The molecule has 0 unspecified atom stereocenters. The van der Waals surface area contributed by atoms with Crippen molar-refractivity contribution in [3.05, 3.63) is 29.8 Å². The molecule has 2 N–H and O–H groups in total. The van der Waals surface area contributed by atoms with Gasteiger partial charge in [-0.2, -0.15) is 0 Å². The molecular weight excluding hydrogens is 308 g/mol. The first kappa shape index (κ1) is 18.4. The number of nitrogens with one attached hydrogen (secondary N) is 2. The summed E-state index contributed by atoms with van der Waals surface area (Å²) < 4.78 is 10.8. The summed E-state index contributed by atoms with van der Waals surface area (Å²) in [7, 11) is 0. The number of quaternary nitrogens is 1. The van der Waals surface area contributed by atoms with Gasteiger partial charge in [-0.25, -0.2) is 4.79 Å². The highest BCUT2D eigenvalue weighted by Crippen LogP contribution is 2.11. The predicted molar refractivity (Wildman–Crippen MR) is 91.2 cm³/mol. The Balaban J connectivity index is 1.86. The van der Waals surface area contributed by atoms with Gasteiger partial charge in [0, 0.05) is 5.69 Å². The molecule has 1 heterocycles. The van der Waals surface area contributed by atoms with Crippen LogP contribution in [0.3, 0.4) is 0 Å². The maximum Gasteiger partial charge on any atom is 0.338 e. The molecule has 0 aromatic heterocycles. The van der Waals surface area contributed by atoms with Crippen LogP contribution >= 0.6 is 0 Å². The van der Waals surface area contributed by atoms with Crippen LogP contribution in [-0.4, -0.2) is 49.8 Å². The monoisotopic (exact) mass is 335 g/mol. The van der Waals surface area contributed by atoms with Crippen LogP contribution in [0, 0.1) is 0 Å². The van der Waals surface area contributed by atoms with E-state index in [1.165, 1.54) is 4.90 Å². The Morgan fingerprint density at radius 3 is 2.33 bits per heavy atom. The molecule has 6 heteroatoms. The lowest BCUT2D eigenvalue weighted by Gasteiger charge is -2.31. The summed E-state index contributed by atoms with van der Waals surface area (Å²) in [6.45, 7) is 9.75. The van der Waals surface area contributed by atoms with Gasteiger partial charge in [-0.1, -0.05) is 0 Å². The number of carbonyl (C=O) groups excluding carboxylic acids is 2. The second-order valence-corrected chi connectivity index (χ2v) is 6.67. The zero-order valence-corrected chi connectivity index (χ0v) is 14.8. The maximum atomic E-state index is 12.2. The van der Waals surface area contributed by atoms with Crippen molar-refractivity contribution in [2.24, 2.45) is 0 Å². The quantitative estimate of drug-likeness (QED) is 0.784. The minimum atomic E-state index is -0.358. The van der Waals surface area contributed by atoms with Crippen molar-refractivity contribution in [2.75, 3.05) is 25.0 Å². The summed E-state index contributed by atoms with van der Waals surface area (Å²) >= 11 is 0. The van der Waals surface area contributed by atoms with Gasteiger partial charge in [-0.05, 0) is 52.0 Å². The fourth-order valence-electron chi connectivity index (χ4n) is 2.94. The van der Waals surface area contributed by atoms with E-state index in [1.54, 1.807) is 24.3 Å². The first-order chi connectivity index (χ1) is 11.3. The first-order valence-corrected chi connectivity index (χ1v) is 8.43. The molecule has 1 aliphatic rings. The van der Waals surface area contributed by atoms with Gasteiger partial charge < -0.3 is 19.7 Å². The molecule has 2 rings (SSSR count). The molecule has 132 valence electrons. The van der Waals surface area contributed by atoms with Crippen LogP contribution in [0.25, 0.3) is 0 Å². The van der Waals surface area contributed by atoms with Crippen molar-refractivity contribution in [1.82, 2.24) is 0 Å². The Hall–Kier alpha value is -1.92. The fourth-order valence-corrected chi connectivity index (χ4v) is 2.94. The van der Waals surface area contributed by atoms with Crippen LogP contribution in [-0.2, 0) is 14.3 Å². The van der Waals surface area contributed by atoms with E-state index in [4.69, 9.17) is 9.47 Å². The molecule has 1 aliphatic heterocycles. The topological polar surface area (TPSA) is 69.1 Å². The molecule has 6 nitrogen and oxygen atoms in total. The Morgan fingerprint density at radius 2 is 1.79 bits per heavy atom. The van der Waals surface area contributed by atoms with Gasteiger partial charge in [0.05, 0.1) is 11.7 Å². The van der Waals surface area contributed by atoms with E-state index in [0.717, 1.165) is 13.1 Å². The van der Waals surface area contributed by atoms with E-state index in [0.29, 0.717) is 17.8 Å². The Bertz CT molecular complexity index is 561. The van der Waals surface area contributed by atoms with Gasteiger partial charge in [0.25, 0.3) is 5.91 Å². The van der Waals surface area contributed by atoms with Crippen LogP contribution in [0.4, 0.5) is 5.69 Å². The number of carbonyl (C=O) groups is 2. The minimum Gasteiger partial charge on any atom is -0.459 e. The zero-order chi connectivity index (χ0) is 17.7. The number of ether oxygens (including phenoxy) is 2. The average molecular weight is 335 g/mol. The van der Waals surface area contributed by atoms with Gasteiger partial charge in [0.2, 0.25) is 0 Å². The highest BCUT2D eigenvalue weighted by atomic mass is 16.5. The van der Waals surface area contributed by atoms with Gasteiger partial charge in [-0.15, -0.1) is 0 Å². The van der Waals surface area contributed by atoms with E-state index in [1.807, 2.05) is 27.7 Å². The molecule has 0 radical (unpaired) electrons. The molecule has 2 atom stereocenters. The lowest BCUT2D eigenvalue weighted by molar-refractivity contribution is -0.907. The van der Waals surface area contributed by atoms with E-state index in [9.17, 15) is 9.59 Å². The molecule has 1 amide bonds. The van der Waals surface area contributed by atoms with Crippen LogP contribution in [0.1, 0.15) is 38.1 Å². The third kappa shape index (κ3) is 5.62. The highest BCUT2D eigenvalue weighted by molar-refractivity contribution is 5.93. The van der Waals surface area contributed by atoms with Crippen molar-refractivity contribution in [2.45, 2.75) is 46.0 Å². The Morgan fingerprint density at radius 1 is 1.21 bits per heavy atom. The summed E-state index contributed by atoms with van der Waals surface area (Å²) in [5.74, 6) is -0.396. The molecule has 0 bridgehead atoms. The first-order valence-electron chi connectivity index (χ1n) is 8.43. The second-order valence-electron chi connectivity index (χ2n) is 6.67. The molecule has 24 heavy (non-hydrogen) atoms. The van der Waals surface area contributed by atoms with E-state index in [2.05, 4.69) is 5.32 Å². The molecule has 0 aliphatic carbocycles. The summed E-state index contributed by atoms with van der Waals surface area (Å²) in [5.41, 5.74) is 1.15. The molecule has 1 aromatic carbocycles. The summed E-state index contributed by atoms with van der Waals surface area (Å²) in [6.07, 6.45) is 0.184. The number of rotatable bonds is 5. The number of hydrogen-bond donors (Lipinski definition) is 2. The number of anilines is 1. The zero-order valence-electron chi connectivity index (χ0n) is 14.8. The van der Waals surface area contributed by atoms with Gasteiger partial charge in [0.1, 0.15) is 25.3 Å². The third-order valence-corrected chi connectivity index (χ3v) is 3.77. The van der Waals surface area contributed by atoms with Crippen molar-refractivity contribution < 1.29 is 24.0 Å².